The van der Waals surface area contributed by atoms with Crippen LogP contribution in [0.15, 0.2) is 45.5 Å². The quantitative estimate of drug-likeness (QED) is 0.244. The molecule has 142 valence electrons. The molecule has 0 radical (unpaired) electrons. The molecule has 2 aliphatic rings. The van der Waals surface area contributed by atoms with Crippen LogP contribution >= 0.6 is 11.8 Å². The lowest BCUT2D eigenvalue weighted by atomic mass is 10.0. The zero-order valence-electron chi connectivity index (χ0n) is 14.4. The van der Waals surface area contributed by atoms with Gasteiger partial charge in [0.2, 0.25) is 5.89 Å². The van der Waals surface area contributed by atoms with Crippen molar-refractivity contribution in [2.45, 2.75) is 18.9 Å². The van der Waals surface area contributed by atoms with Gasteiger partial charge < -0.3 is 9.26 Å². The van der Waals surface area contributed by atoms with Crippen molar-refractivity contribution in [3.63, 3.8) is 0 Å². The minimum Gasteiger partial charge on any atom is -0.456 e. The Kier molecular flexibility index (Phi) is 4.43. The molecule has 0 spiro atoms. The van der Waals surface area contributed by atoms with Crippen LogP contribution in [0, 0.1) is 17.0 Å². The number of rotatable bonds is 5. The van der Waals surface area contributed by atoms with Crippen LogP contribution in [0.5, 0.6) is 0 Å². The monoisotopic (exact) mass is 400 g/mol. The topological polar surface area (TPSA) is 129 Å². The first-order valence-corrected chi connectivity index (χ1v) is 9.00. The lowest BCUT2D eigenvalue weighted by Gasteiger charge is -2.37. The Bertz CT molecular complexity index is 1040. The summed E-state index contributed by atoms with van der Waals surface area (Å²) in [4.78, 5) is 40.2. The molecule has 28 heavy (non-hydrogen) atoms. The number of fused-ring (bicyclic) bond motifs is 1. The number of hydrogen-bond acceptors (Lipinski definition) is 9. The Balaban J connectivity index is 1.38. The molecule has 1 fully saturated rings. The average molecular weight is 400 g/mol. The van der Waals surface area contributed by atoms with Crippen molar-refractivity contribution in [1.29, 1.82) is 0 Å². The molecule has 0 saturated carbocycles. The molecule has 3 heterocycles. The number of nitro groups is 1. The van der Waals surface area contributed by atoms with Crippen molar-refractivity contribution in [1.82, 2.24) is 15.0 Å². The van der Waals surface area contributed by atoms with Crippen molar-refractivity contribution in [3.8, 4) is 0 Å². The van der Waals surface area contributed by atoms with E-state index in [2.05, 4.69) is 10.1 Å². The number of aromatic nitrogens is 2. The number of nitro benzene ring substituents is 1. The molecule has 2 aliphatic heterocycles. The molecular formula is C17H12N4O6S. The molecule has 0 bridgehead atoms. The largest absolute Gasteiger partial charge is 0.456 e. The Morgan fingerprint density at radius 3 is 2.82 bits per heavy atom. The smallest absolute Gasteiger partial charge is 0.355 e. The van der Waals surface area contributed by atoms with Gasteiger partial charge in [0.1, 0.15) is 17.7 Å². The minimum absolute atomic E-state index is 0.0462. The summed E-state index contributed by atoms with van der Waals surface area (Å²) in [5.41, 5.74) is 1.18. The van der Waals surface area contributed by atoms with Gasteiger partial charge in [0.15, 0.2) is 5.82 Å². The molecule has 0 aliphatic carbocycles. The maximum Gasteiger partial charge on any atom is 0.355 e. The molecule has 4 rings (SSSR count). The molecule has 2 aromatic rings. The molecule has 0 N–H and O–H groups in total. The van der Waals surface area contributed by atoms with E-state index in [4.69, 9.17) is 9.26 Å². The highest BCUT2D eigenvalue weighted by Gasteiger charge is 2.50. The second-order valence-electron chi connectivity index (χ2n) is 5.94. The normalized spacial score (nSPS) is 19.2. The third kappa shape index (κ3) is 3.16. The van der Waals surface area contributed by atoms with Crippen LogP contribution < -0.4 is 0 Å². The number of carbonyl (C=O) groups is 2. The van der Waals surface area contributed by atoms with Gasteiger partial charge in [0, 0.05) is 24.5 Å². The fourth-order valence-electron chi connectivity index (χ4n) is 2.71. The second-order valence-corrected chi connectivity index (χ2v) is 6.89. The summed E-state index contributed by atoms with van der Waals surface area (Å²) >= 11 is 1.31. The van der Waals surface area contributed by atoms with E-state index in [-0.39, 0.29) is 29.3 Å². The van der Waals surface area contributed by atoms with Crippen LogP contribution in [0.2, 0.25) is 0 Å². The van der Waals surface area contributed by atoms with Crippen LogP contribution in [0.1, 0.15) is 17.3 Å². The van der Waals surface area contributed by atoms with Crippen LogP contribution in [-0.4, -0.2) is 37.2 Å². The highest BCUT2D eigenvalue weighted by atomic mass is 32.2. The first kappa shape index (κ1) is 17.9. The van der Waals surface area contributed by atoms with E-state index in [9.17, 15) is 19.7 Å². The summed E-state index contributed by atoms with van der Waals surface area (Å²) in [5, 5.41) is 15.6. The van der Waals surface area contributed by atoms with Crippen molar-refractivity contribution in [2.24, 2.45) is 0 Å². The summed E-state index contributed by atoms with van der Waals surface area (Å²) in [6.45, 7) is 1.59. The first-order chi connectivity index (χ1) is 13.4. The zero-order chi connectivity index (χ0) is 19.8. The maximum absolute atomic E-state index is 12.4. The number of hydrogen-bond donors (Lipinski definition) is 0. The van der Waals surface area contributed by atoms with Gasteiger partial charge in [0.25, 0.3) is 11.6 Å². The number of amides is 1. The van der Waals surface area contributed by atoms with Crippen LogP contribution in [0.25, 0.3) is 6.08 Å². The molecule has 1 aromatic heterocycles. The van der Waals surface area contributed by atoms with E-state index in [1.54, 1.807) is 12.3 Å². The number of nitrogens with zero attached hydrogens (tertiary/aromatic N) is 4. The molecule has 1 atom stereocenters. The van der Waals surface area contributed by atoms with Crippen molar-refractivity contribution in [2.75, 3.05) is 0 Å². The molecule has 1 amide bonds. The minimum atomic E-state index is -0.642. The molecule has 1 unspecified atom stereocenters. The van der Waals surface area contributed by atoms with Crippen LogP contribution in [0.4, 0.5) is 5.69 Å². The van der Waals surface area contributed by atoms with E-state index in [0.29, 0.717) is 22.9 Å². The van der Waals surface area contributed by atoms with Gasteiger partial charge in [-0.1, -0.05) is 5.16 Å². The van der Waals surface area contributed by atoms with Gasteiger partial charge in [-0.05, 0) is 23.8 Å². The third-order valence-electron chi connectivity index (χ3n) is 4.09. The van der Waals surface area contributed by atoms with E-state index in [1.165, 1.54) is 47.0 Å². The lowest BCUT2D eigenvalue weighted by molar-refractivity contribution is -0.384. The Morgan fingerprint density at radius 1 is 1.43 bits per heavy atom. The third-order valence-corrected chi connectivity index (χ3v) is 5.17. The summed E-state index contributed by atoms with van der Waals surface area (Å²) in [6.07, 6.45) is 1.53. The fourth-order valence-corrected chi connectivity index (χ4v) is 3.82. The summed E-state index contributed by atoms with van der Waals surface area (Å²) < 4.78 is 10.1. The van der Waals surface area contributed by atoms with Gasteiger partial charge in [-0.25, -0.2) is 4.79 Å². The number of β-lactam (4-membered cyclic amide) rings is 1. The number of non-ortho nitro benzene ring substituents is 1. The van der Waals surface area contributed by atoms with E-state index in [0.717, 1.165) is 0 Å². The van der Waals surface area contributed by atoms with Crippen molar-refractivity contribution in [3.05, 3.63) is 68.3 Å². The number of ether oxygens (including phenoxy) is 1. The molecule has 1 aromatic carbocycles. The summed E-state index contributed by atoms with van der Waals surface area (Å²) in [5.74, 6) is -0.273. The number of thioether (sulfide) groups is 1. The number of carbonyl (C=O) groups excluding carboxylic acids is 2. The van der Waals surface area contributed by atoms with E-state index >= 15 is 0 Å². The number of benzene rings is 1. The molecule has 1 saturated heterocycles. The average Bonchev–Trinajstić information content (AvgIpc) is 3.28. The molecule has 10 nitrogen and oxygen atoms in total. The lowest BCUT2D eigenvalue weighted by Crippen LogP contribution is -2.51. The molecule has 11 heteroatoms. The molecular weight excluding hydrogens is 388 g/mol. The highest BCUT2D eigenvalue weighted by molar-refractivity contribution is 8.03. The van der Waals surface area contributed by atoms with Gasteiger partial charge in [0.05, 0.1) is 10.5 Å². The summed E-state index contributed by atoms with van der Waals surface area (Å²) in [7, 11) is 0. The number of esters is 1. The first-order valence-electron chi connectivity index (χ1n) is 8.05. The zero-order valence-corrected chi connectivity index (χ0v) is 15.2. The van der Waals surface area contributed by atoms with Crippen molar-refractivity contribution < 1.29 is 23.8 Å². The Hall–Kier alpha value is -3.47. The van der Waals surface area contributed by atoms with E-state index < -0.39 is 10.9 Å². The van der Waals surface area contributed by atoms with Crippen LogP contribution in [-0.2, 0) is 20.9 Å². The number of aryl methyl sites for hydroxylation is 1. The highest BCUT2D eigenvalue weighted by Crippen LogP contribution is 2.45. The summed E-state index contributed by atoms with van der Waals surface area (Å²) in [6, 6.07) is 5.68. The van der Waals surface area contributed by atoms with E-state index in [1.807, 2.05) is 0 Å². The predicted molar refractivity (Wildman–Crippen MR) is 96.2 cm³/mol. The maximum atomic E-state index is 12.4. The Morgan fingerprint density at radius 2 is 2.18 bits per heavy atom. The standard InChI is InChI=1S/C17H12N4O6S/c1-9-18-14(19-27-9)6-12-15(22)20-13(8-28-16(12)20)17(23)26-7-10-2-4-11(5-3-10)21(24)25/h2-6,8,16H,7H2,1H3/b12-6-. The van der Waals surface area contributed by atoms with Gasteiger partial charge in [-0.3, -0.25) is 19.8 Å². The van der Waals surface area contributed by atoms with Crippen molar-refractivity contribution >= 4 is 35.4 Å². The van der Waals surface area contributed by atoms with Crippen LogP contribution in [0.3, 0.4) is 0 Å². The van der Waals surface area contributed by atoms with Gasteiger partial charge >= 0.3 is 5.97 Å². The van der Waals surface area contributed by atoms with Gasteiger partial charge in [-0.2, -0.15) is 4.98 Å². The SMILES string of the molecule is Cc1nc(/C=C2/C(=O)N3C(C(=O)OCc4ccc([N+](=O)[O-])cc4)=CSC23)no1. The van der Waals surface area contributed by atoms with Gasteiger partial charge in [-0.15, -0.1) is 11.8 Å². The predicted octanol–water partition coefficient (Wildman–Crippen LogP) is 2.17. The second kappa shape index (κ2) is 6.93. The Labute approximate surface area is 162 Å². The fraction of sp³-hybridized carbons (Fsp3) is 0.176.